The van der Waals surface area contributed by atoms with Gasteiger partial charge in [-0.1, -0.05) is 71.1 Å². The van der Waals surface area contributed by atoms with Gasteiger partial charge in [-0.2, -0.15) is 16.8 Å². The molecule has 0 aromatic carbocycles. The molecule has 1 atom stereocenters. The van der Waals surface area contributed by atoms with Crippen LogP contribution in [-0.4, -0.2) is 42.1 Å². The number of hydrogen-bond donors (Lipinski definition) is 0. The molecule has 1 unspecified atom stereocenters. The van der Waals surface area contributed by atoms with Gasteiger partial charge in [0.05, 0.1) is 25.2 Å². The molecule has 0 radical (unpaired) electrons. The predicted molar refractivity (Wildman–Crippen MR) is 106 cm³/mol. The van der Waals surface area contributed by atoms with E-state index in [1.54, 1.807) is 0 Å². The van der Waals surface area contributed by atoms with Crippen LogP contribution >= 0.6 is 0 Å². The summed E-state index contributed by atoms with van der Waals surface area (Å²) in [6.07, 6.45) is 15.2. The van der Waals surface area contributed by atoms with E-state index >= 15 is 0 Å². The van der Waals surface area contributed by atoms with Gasteiger partial charge in [-0.05, 0) is 19.3 Å². The van der Waals surface area contributed by atoms with E-state index in [1.807, 2.05) is 0 Å². The standard InChI is InChI=1S/C18H38O6S2/c1-4-5-6-7-8-9-10-12-15-18(24-26(3,21)22)16-13-11-14-17-23-25(2,19)20/h18H,4-17H2,1-3H3. The van der Waals surface area contributed by atoms with Gasteiger partial charge in [0.2, 0.25) is 0 Å². The molecule has 0 aromatic rings. The fourth-order valence-electron chi connectivity index (χ4n) is 2.85. The van der Waals surface area contributed by atoms with Crippen LogP contribution in [0.5, 0.6) is 0 Å². The van der Waals surface area contributed by atoms with Gasteiger partial charge in [-0.15, -0.1) is 0 Å². The molecule has 0 N–H and O–H groups in total. The lowest BCUT2D eigenvalue weighted by atomic mass is 10.0. The van der Waals surface area contributed by atoms with Crippen molar-refractivity contribution in [2.45, 2.75) is 96.5 Å². The average Bonchev–Trinajstić information content (AvgIpc) is 2.50. The van der Waals surface area contributed by atoms with Gasteiger partial charge in [0.25, 0.3) is 20.2 Å². The van der Waals surface area contributed by atoms with E-state index < -0.39 is 20.2 Å². The van der Waals surface area contributed by atoms with Crippen molar-refractivity contribution < 1.29 is 25.2 Å². The molecule has 6 nitrogen and oxygen atoms in total. The minimum atomic E-state index is -3.45. The van der Waals surface area contributed by atoms with E-state index in [2.05, 4.69) is 11.1 Å². The number of hydrogen-bond acceptors (Lipinski definition) is 6. The molecule has 0 aliphatic rings. The van der Waals surface area contributed by atoms with E-state index in [0.29, 0.717) is 12.8 Å². The Labute approximate surface area is 161 Å². The maximum atomic E-state index is 11.4. The van der Waals surface area contributed by atoms with Gasteiger partial charge in [-0.3, -0.25) is 8.37 Å². The van der Waals surface area contributed by atoms with Crippen molar-refractivity contribution in [1.29, 1.82) is 0 Å². The molecule has 0 aliphatic carbocycles. The fraction of sp³-hybridized carbons (Fsp3) is 1.00. The lowest BCUT2D eigenvalue weighted by Gasteiger charge is -2.16. The maximum absolute atomic E-state index is 11.4. The summed E-state index contributed by atoms with van der Waals surface area (Å²) in [7, 11) is -6.83. The Morgan fingerprint density at radius 2 is 1.12 bits per heavy atom. The molecule has 26 heavy (non-hydrogen) atoms. The van der Waals surface area contributed by atoms with Gasteiger partial charge >= 0.3 is 0 Å². The minimum absolute atomic E-state index is 0.175. The second kappa shape index (κ2) is 14.8. The van der Waals surface area contributed by atoms with Crippen molar-refractivity contribution in [3.05, 3.63) is 0 Å². The van der Waals surface area contributed by atoms with E-state index in [4.69, 9.17) is 4.18 Å². The highest BCUT2D eigenvalue weighted by Gasteiger charge is 2.15. The number of unbranched alkanes of at least 4 members (excludes halogenated alkanes) is 9. The van der Waals surface area contributed by atoms with Crippen molar-refractivity contribution in [2.75, 3.05) is 19.1 Å². The molecule has 8 heteroatoms. The van der Waals surface area contributed by atoms with Crippen LogP contribution in [-0.2, 0) is 28.6 Å². The molecule has 158 valence electrons. The Morgan fingerprint density at radius 3 is 1.58 bits per heavy atom. The normalized spacial score (nSPS) is 13.8. The van der Waals surface area contributed by atoms with Gasteiger partial charge in [-0.25, -0.2) is 0 Å². The summed E-state index contributed by atoms with van der Waals surface area (Å²) >= 11 is 0. The highest BCUT2D eigenvalue weighted by molar-refractivity contribution is 7.86. The molecule has 0 aromatic heterocycles. The van der Waals surface area contributed by atoms with Crippen molar-refractivity contribution in [3.63, 3.8) is 0 Å². The first-order chi connectivity index (χ1) is 12.1. The molecule has 0 spiro atoms. The lowest BCUT2D eigenvalue weighted by Crippen LogP contribution is -2.17. The second-order valence-corrected chi connectivity index (χ2v) is 10.3. The Kier molecular flexibility index (Phi) is 14.7. The van der Waals surface area contributed by atoms with Crippen LogP contribution in [0.15, 0.2) is 0 Å². The quantitative estimate of drug-likeness (QED) is 0.244. The van der Waals surface area contributed by atoms with E-state index in [1.165, 1.54) is 38.5 Å². The van der Waals surface area contributed by atoms with Gasteiger partial charge in [0.15, 0.2) is 0 Å². The molecular formula is C18H38O6S2. The maximum Gasteiger partial charge on any atom is 0.264 e. The van der Waals surface area contributed by atoms with Gasteiger partial charge < -0.3 is 0 Å². The first kappa shape index (κ1) is 25.8. The van der Waals surface area contributed by atoms with Crippen LogP contribution in [0.2, 0.25) is 0 Å². The Hall–Kier alpha value is -0.180. The van der Waals surface area contributed by atoms with Crippen LogP contribution in [0.4, 0.5) is 0 Å². The van der Waals surface area contributed by atoms with Crippen LogP contribution in [0.3, 0.4) is 0 Å². The Morgan fingerprint density at radius 1 is 0.654 bits per heavy atom. The number of rotatable bonds is 18. The summed E-state index contributed by atoms with van der Waals surface area (Å²) in [5.74, 6) is 0. The zero-order chi connectivity index (χ0) is 19.9. The SMILES string of the molecule is CCCCCCCCCCC(CCCCCOS(C)(=O)=O)OS(C)(=O)=O. The summed E-state index contributed by atoms with van der Waals surface area (Å²) in [6.45, 7) is 2.38. The smallest absolute Gasteiger partial charge is 0.264 e. The monoisotopic (exact) mass is 414 g/mol. The fourth-order valence-corrected chi connectivity index (χ4v) is 3.96. The summed E-state index contributed by atoms with van der Waals surface area (Å²) in [5, 5.41) is 0. The van der Waals surface area contributed by atoms with E-state index in [0.717, 1.165) is 44.6 Å². The molecule has 0 heterocycles. The Balaban J connectivity index is 3.91. The van der Waals surface area contributed by atoms with Crippen molar-refractivity contribution in [3.8, 4) is 0 Å². The zero-order valence-electron chi connectivity index (χ0n) is 16.7. The Bertz CT molecular complexity index is 528. The third kappa shape index (κ3) is 20.1. The van der Waals surface area contributed by atoms with Crippen LogP contribution < -0.4 is 0 Å². The lowest BCUT2D eigenvalue weighted by molar-refractivity contribution is 0.180. The summed E-state index contributed by atoms with van der Waals surface area (Å²) < 4.78 is 54.4. The minimum Gasteiger partial charge on any atom is -0.270 e. The molecule has 0 rings (SSSR count). The van der Waals surface area contributed by atoms with Crippen LogP contribution in [0.25, 0.3) is 0 Å². The van der Waals surface area contributed by atoms with Crippen LogP contribution in [0.1, 0.15) is 90.4 Å². The van der Waals surface area contributed by atoms with Crippen molar-refractivity contribution in [1.82, 2.24) is 0 Å². The third-order valence-corrected chi connectivity index (χ3v) is 5.37. The molecule has 0 saturated heterocycles. The summed E-state index contributed by atoms with van der Waals surface area (Å²) in [4.78, 5) is 0. The molecule has 0 aliphatic heterocycles. The highest BCUT2D eigenvalue weighted by atomic mass is 32.2. The zero-order valence-corrected chi connectivity index (χ0v) is 18.4. The van der Waals surface area contributed by atoms with Crippen molar-refractivity contribution >= 4 is 20.2 Å². The molecule has 0 fully saturated rings. The first-order valence-corrected chi connectivity index (χ1v) is 13.5. The highest BCUT2D eigenvalue weighted by Crippen LogP contribution is 2.17. The van der Waals surface area contributed by atoms with Gasteiger partial charge in [0, 0.05) is 0 Å². The van der Waals surface area contributed by atoms with E-state index in [9.17, 15) is 16.8 Å². The second-order valence-electron chi connectivity index (χ2n) is 7.06. The topological polar surface area (TPSA) is 86.7 Å². The summed E-state index contributed by atoms with van der Waals surface area (Å²) in [5.41, 5.74) is 0. The van der Waals surface area contributed by atoms with E-state index in [-0.39, 0.29) is 12.7 Å². The average molecular weight is 415 g/mol. The molecule has 0 amide bonds. The van der Waals surface area contributed by atoms with Gasteiger partial charge in [0.1, 0.15) is 0 Å². The molecule has 0 saturated carbocycles. The molecular weight excluding hydrogens is 376 g/mol. The first-order valence-electron chi connectivity index (χ1n) is 9.86. The largest absolute Gasteiger partial charge is 0.270 e. The predicted octanol–water partition coefficient (Wildman–Crippen LogP) is 4.40. The van der Waals surface area contributed by atoms with Crippen molar-refractivity contribution in [2.24, 2.45) is 0 Å². The third-order valence-electron chi connectivity index (χ3n) is 4.16. The molecule has 0 bridgehead atoms. The van der Waals surface area contributed by atoms with Crippen LogP contribution in [0, 0.1) is 0 Å². The summed E-state index contributed by atoms with van der Waals surface area (Å²) in [6, 6.07) is 0.